The predicted molar refractivity (Wildman–Crippen MR) is 79.3 cm³/mol. The van der Waals surface area contributed by atoms with Gasteiger partial charge in [-0.05, 0) is 24.8 Å². The van der Waals surface area contributed by atoms with Crippen LogP contribution >= 0.6 is 0 Å². The average molecular weight is 282 g/mol. The first-order chi connectivity index (χ1) is 9.09. The monoisotopic (exact) mass is 282 g/mol. The number of aryl methyl sites for hydroxylation is 1. The van der Waals surface area contributed by atoms with Crippen LogP contribution < -0.4 is 11.1 Å². The lowest BCUT2D eigenvalue weighted by Gasteiger charge is -2.11. The van der Waals surface area contributed by atoms with E-state index in [0.29, 0.717) is 18.7 Å². The standard InChI is InChI=1S/C14H22N2O2S/c1-19(18)11-9-13(15)14(17)16-10-5-8-12-6-3-2-4-7-12/h2-4,6-7,13H,5,8-11,15H2,1H3,(H,16,17). The quantitative estimate of drug-likeness (QED) is 0.694. The molecule has 0 fully saturated rings. The van der Waals surface area contributed by atoms with Crippen LogP contribution in [0.1, 0.15) is 18.4 Å². The van der Waals surface area contributed by atoms with Crippen LogP contribution in [0.25, 0.3) is 0 Å². The third-order valence-electron chi connectivity index (χ3n) is 2.84. The molecule has 0 aliphatic rings. The SMILES string of the molecule is CS(=O)CCC(N)C(=O)NCCCc1ccccc1. The minimum Gasteiger partial charge on any atom is -0.355 e. The van der Waals surface area contributed by atoms with Gasteiger partial charge in [0.2, 0.25) is 5.91 Å². The zero-order valence-electron chi connectivity index (χ0n) is 11.3. The lowest BCUT2D eigenvalue weighted by atomic mass is 10.1. The van der Waals surface area contributed by atoms with Crippen molar-refractivity contribution in [1.29, 1.82) is 0 Å². The molecular formula is C14H22N2O2S. The molecule has 0 saturated heterocycles. The molecule has 5 heteroatoms. The highest BCUT2D eigenvalue weighted by molar-refractivity contribution is 7.84. The molecule has 3 N–H and O–H groups in total. The fraction of sp³-hybridized carbons (Fsp3) is 0.500. The predicted octanol–water partition coefficient (Wildman–Crippen LogP) is 0.831. The third kappa shape index (κ3) is 7.08. The lowest BCUT2D eigenvalue weighted by molar-refractivity contribution is -0.122. The van der Waals surface area contributed by atoms with Gasteiger partial charge in [0, 0.05) is 29.4 Å². The normalized spacial score (nSPS) is 13.8. The average Bonchev–Trinajstić information content (AvgIpc) is 2.41. The maximum atomic E-state index is 11.6. The molecule has 0 aliphatic heterocycles. The largest absolute Gasteiger partial charge is 0.355 e. The fourth-order valence-corrected chi connectivity index (χ4v) is 2.29. The van der Waals surface area contributed by atoms with E-state index in [4.69, 9.17) is 5.73 Å². The third-order valence-corrected chi connectivity index (χ3v) is 3.65. The smallest absolute Gasteiger partial charge is 0.236 e. The summed E-state index contributed by atoms with van der Waals surface area (Å²) < 4.78 is 10.9. The molecule has 1 rings (SSSR count). The van der Waals surface area contributed by atoms with Crippen molar-refractivity contribution in [3.63, 3.8) is 0 Å². The van der Waals surface area contributed by atoms with Gasteiger partial charge >= 0.3 is 0 Å². The van der Waals surface area contributed by atoms with Crippen molar-refractivity contribution in [3.05, 3.63) is 35.9 Å². The van der Waals surface area contributed by atoms with E-state index in [1.807, 2.05) is 18.2 Å². The van der Waals surface area contributed by atoms with Crippen LogP contribution in [0.4, 0.5) is 0 Å². The van der Waals surface area contributed by atoms with E-state index >= 15 is 0 Å². The van der Waals surface area contributed by atoms with E-state index in [-0.39, 0.29) is 5.91 Å². The van der Waals surface area contributed by atoms with Gasteiger partial charge in [0.25, 0.3) is 0 Å². The Kier molecular flexibility index (Phi) is 7.36. The van der Waals surface area contributed by atoms with Gasteiger partial charge in [0.15, 0.2) is 0 Å². The lowest BCUT2D eigenvalue weighted by Crippen LogP contribution is -2.41. The summed E-state index contributed by atoms with van der Waals surface area (Å²) in [6.45, 7) is 0.622. The zero-order valence-corrected chi connectivity index (χ0v) is 12.1. The number of carbonyl (C=O) groups excluding carboxylic acids is 1. The highest BCUT2D eigenvalue weighted by Gasteiger charge is 2.12. The van der Waals surface area contributed by atoms with Crippen LogP contribution in [-0.2, 0) is 22.0 Å². The van der Waals surface area contributed by atoms with E-state index in [9.17, 15) is 9.00 Å². The van der Waals surface area contributed by atoms with Crippen LogP contribution in [0, 0.1) is 0 Å². The van der Waals surface area contributed by atoms with Crippen molar-refractivity contribution in [1.82, 2.24) is 5.32 Å². The second-order valence-corrected chi connectivity index (χ2v) is 6.11. The number of rotatable bonds is 8. The summed E-state index contributed by atoms with van der Waals surface area (Å²) in [6.07, 6.45) is 3.91. The van der Waals surface area contributed by atoms with Gasteiger partial charge in [-0.15, -0.1) is 0 Å². The number of hydrogen-bond acceptors (Lipinski definition) is 3. The Labute approximate surface area is 117 Å². The molecule has 1 amide bonds. The number of nitrogens with one attached hydrogen (secondary N) is 1. The van der Waals surface area contributed by atoms with Crippen LogP contribution in [0.3, 0.4) is 0 Å². The molecular weight excluding hydrogens is 260 g/mol. The number of benzene rings is 1. The van der Waals surface area contributed by atoms with E-state index in [1.54, 1.807) is 6.26 Å². The molecule has 0 aliphatic carbocycles. The first-order valence-corrected chi connectivity index (χ1v) is 8.19. The number of amides is 1. The molecule has 19 heavy (non-hydrogen) atoms. The number of nitrogens with two attached hydrogens (primary N) is 1. The van der Waals surface area contributed by atoms with Crippen LogP contribution in [-0.4, -0.2) is 34.7 Å². The molecule has 0 radical (unpaired) electrons. The summed E-state index contributed by atoms with van der Waals surface area (Å²) in [4.78, 5) is 11.6. The Morgan fingerprint density at radius 2 is 2.05 bits per heavy atom. The van der Waals surface area contributed by atoms with Crippen molar-refractivity contribution in [2.45, 2.75) is 25.3 Å². The first-order valence-electron chi connectivity index (χ1n) is 6.47. The molecule has 4 nitrogen and oxygen atoms in total. The van der Waals surface area contributed by atoms with Gasteiger partial charge < -0.3 is 11.1 Å². The maximum Gasteiger partial charge on any atom is 0.236 e. The summed E-state index contributed by atoms with van der Waals surface area (Å²) in [7, 11) is -0.895. The molecule has 0 heterocycles. The van der Waals surface area contributed by atoms with Crippen LogP contribution in [0.2, 0.25) is 0 Å². The summed E-state index contributed by atoms with van der Waals surface area (Å²) in [5.74, 6) is 0.317. The maximum absolute atomic E-state index is 11.6. The minimum absolute atomic E-state index is 0.154. The van der Waals surface area contributed by atoms with E-state index < -0.39 is 16.8 Å². The molecule has 106 valence electrons. The summed E-state index contributed by atoms with van der Waals surface area (Å²) in [5.41, 5.74) is 6.98. The number of carbonyl (C=O) groups is 1. The van der Waals surface area contributed by atoms with E-state index in [0.717, 1.165) is 12.8 Å². The van der Waals surface area contributed by atoms with Crippen molar-refractivity contribution in [2.24, 2.45) is 5.73 Å². The molecule has 0 saturated carbocycles. The van der Waals surface area contributed by atoms with Crippen molar-refractivity contribution in [3.8, 4) is 0 Å². The van der Waals surface area contributed by atoms with Gasteiger partial charge in [-0.3, -0.25) is 9.00 Å². The molecule has 0 spiro atoms. The van der Waals surface area contributed by atoms with E-state index in [1.165, 1.54) is 5.56 Å². The van der Waals surface area contributed by atoms with Gasteiger partial charge in [0.1, 0.15) is 0 Å². The van der Waals surface area contributed by atoms with Crippen LogP contribution in [0.5, 0.6) is 0 Å². The first kappa shape index (κ1) is 15.9. The highest BCUT2D eigenvalue weighted by Crippen LogP contribution is 2.01. The Morgan fingerprint density at radius 3 is 2.68 bits per heavy atom. The van der Waals surface area contributed by atoms with Gasteiger partial charge in [-0.1, -0.05) is 30.3 Å². The Balaban J connectivity index is 2.15. The highest BCUT2D eigenvalue weighted by atomic mass is 32.2. The minimum atomic E-state index is -0.895. The Bertz CT molecular complexity index is 409. The summed E-state index contributed by atoms with van der Waals surface area (Å²) >= 11 is 0. The Hall–Kier alpha value is -1.20. The Morgan fingerprint density at radius 1 is 1.37 bits per heavy atom. The zero-order chi connectivity index (χ0) is 14.1. The molecule has 1 aromatic carbocycles. The van der Waals surface area contributed by atoms with Gasteiger partial charge in [-0.25, -0.2) is 0 Å². The van der Waals surface area contributed by atoms with E-state index in [2.05, 4.69) is 17.4 Å². The van der Waals surface area contributed by atoms with Gasteiger partial charge in [0.05, 0.1) is 6.04 Å². The summed E-state index contributed by atoms with van der Waals surface area (Å²) in [6, 6.07) is 9.60. The number of hydrogen-bond donors (Lipinski definition) is 2. The van der Waals surface area contributed by atoms with Crippen molar-refractivity contribution >= 4 is 16.7 Å². The second kappa shape index (κ2) is 8.82. The molecule has 0 bridgehead atoms. The molecule has 2 unspecified atom stereocenters. The van der Waals surface area contributed by atoms with Gasteiger partial charge in [-0.2, -0.15) is 0 Å². The topological polar surface area (TPSA) is 72.2 Å². The summed E-state index contributed by atoms with van der Waals surface area (Å²) in [5, 5.41) is 2.81. The molecule has 2 atom stereocenters. The molecule has 1 aromatic rings. The van der Waals surface area contributed by atoms with Crippen LogP contribution in [0.15, 0.2) is 30.3 Å². The second-order valence-electron chi connectivity index (χ2n) is 4.55. The van der Waals surface area contributed by atoms with Crippen molar-refractivity contribution in [2.75, 3.05) is 18.6 Å². The molecule has 0 aromatic heterocycles. The fourth-order valence-electron chi connectivity index (χ4n) is 1.70. The van der Waals surface area contributed by atoms with Crippen molar-refractivity contribution < 1.29 is 9.00 Å².